The second-order valence-corrected chi connectivity index (χ2v) is 7.72. The topological polar surface area (TPSA) is 91.3 Å². The van der Waals surface area contributed by atoms with Crippen LogP contribution in [0.15, 0.2) is 36.4 Å². The Morgan fingerprint density at radius 1 is 1.22 bits per heavy atom. The van der Waals surface area contributed by atoms with E-state index in [0.29, 0.717) is 42.0 Å². The molecule has 9 heteroatoms. The van der Waals surface area contributed by atoms with Crippen molar-refractivity contribution in [3.63, 3.8) is 0 Å². The van der Waals surface area contributed by atoms with Crippen molar-refractivity contribution < 1.29 is 9.13 Å². The molecule has 0 atom stereocenters. The molecule has 4 rings (SSSR count). The number of hydrogen-bond donors (Lipinski definition) is 4. The standard InChI is InChI=1S/C23H26FN7O/c1-15-12-21(31-30-15)28-20-14-19(16-6-8-26-9-7-16)22(25-2)23(29-20)27-10-11-32-18-5-3-4-17(24)13-18/h3-5,12-14,16,26H,6-11H2,1H3,(H3,27,28,29,30,31). The van der Waals surface area contributed by atoms with Crippen molar-refractivity contribution in [3.8, 4) is 5.75 Å². The number of halogens is 1. The van der Waals surface area contributed by atoms with E-state index >= 15 is 0 Å². The highest BCUT2D eigenvalue weighted by Gasteiger charge is 2.22. The number of H-pyrrole nitrogens is 1. The molecule has 3 heterocycles. The zero-order chi connectivity index (χ0) is 22.3. The molecule has 1 aromatic carbocycles. The Balaban J connectivity index is 1.54. The summed E-state index contributed by atoms with van der Waals surface area (Å²) in [5, 5.41) is 17.0. The molecular formula is C23H26FN7O. The van der Waals surface area contributed by atoms with Crippen LogP contribution in [0, 0.1) is 19.3 Å². The first-order chi connectivity index (χ1) is 15.6. The Labute approximate surface area is 186 Å². The molecule has 0 saturated carbocycles. The fraction of sp³-hybridized carbons (Fsp3) is 0.348. The summed E-state index contributed by atoms with van der Waals surface area (Å²) in [6, 6.07) is 9.88. The van der Waals surface area contributed by atoms with Gasteiger partial charge in [0.15, 0.2) is 5.82 Å². The van der Waals surface area contributed by atoms with Crippen molar-refractivity contribution in [3.05, 3.63) is 64.9 Å². The highest BCUT2D eigenvalue weighted by Crippen LogP contribution is 2.39. The van der Waals surface area contributed by atoms with Gasteiger partial charge in [-0.15, -0.1) is 0 Å². The van der Waals surface area contributed by atoms with Gasteiger partial charge in [0.2, 0.25) is 5.69 Å². The van der Waals surface area contributed by atoms with Gasteiger partial charge in [-0.3, -0.25) is 5.10 Å². The number of aromatic nitrogens is 3. The first-order valence-electron chi connectivity index (χ1n) is 10.7. The number of hydrogen-bond acceptors (Lipinski definition) is 6. The van der Waals surface area contributed by atoms with E-state index in [-0.39, 0.29) is 11.7 Å². The Morgan fingerprint density at radius 3 is 2.78 bits per heavy atom. The van der Waals surface area contributed by atoms with Crippen LogP contribution >= 0.6 is 0 Å². The predicted octanol–water partition coefficient (Wildman–Crippen LogP) is 4.50. The van der Waals surface area contributed by atoms with E-state index in [0.717, 1.165) is 37.2 Å². The van der Waals surface area contributed by atoms with E-state index in [1.165, 1.54) is 12.1 Å². The minimum atomic E-state index is -0.341. The molecule has 8 nitrogen and oxygen atoms in total. The van der Waals surface area contributed by atoms with E-state index < -0.39 is 0 Å². The number of benzene rings is 1. The predicted molar refractivity (Wildman–Crippen MR) is 122 cm³/mol. The minimum absolute atomic E-state index is 0.286. The van der Waals surface area contributed by atoms with Crippen LogP contribution in [0.5, 0.6) is 5.75 Å². The molecule has 1 fully saturated rings. The number of ether oxygens (including phenoxy) is 1. The second-order valence-electron chi connectivity index (χ2n) is 7.72. The molecule has 1 aliphatic heterocycles. The van der Waals surface area contributed by atoms with Crippen LogP contribution in [0.1, 0.15) is 30.0 Å². The van der Waals surface area contributed by atoms with Crippen molar-refractivity contribution in [1.29, 1.82) is 0 Å². The van der Waals surface area contributed by atoms with Crippen molar-refractivity contribution in [2.45, 2.75) is 25.7 Å². The second kappa shape index (κ2) is 10.1. The normalized spacial score (nSPS) is 14.0. The number of aryl methyl sites for hydroxylation is 1. The van der Waals surface area contributed by atoms with Crippen LogP contribution in [-0.2, 0) is 0 Å². The number of pyridine rings is 1. The number of piperidine rings is 1. The zero-order valence-corrected chi connectivity index (χ0v) is 17.9. The summed E-state index contributed by atoms with van der Waals surface area (Å²) >= 11 is 0. The summed E-state index contributed by atoms with van der Waals surface area (Å²) < 4.78 is 18.9. The minimum Gasteiger partial charge on any atom is -0.492 e. The summed E-state index contributed by atoms with van der Waals surface area (Å²) in [4.78, 5) is 8.45. The molecule has 0 amide bonds. The monoisotopic (exact) mass is 435 g/mol. The molecule has 4 N–H and O–H groups in total. The highest BCUT2D eigenvalue weighted by molar-refractivity contribution is 5.74. The fourth-order valence-electron chi connectivity index (χ4n) is 3.82. The third-order valence-electron chi connectivity index (χ3n) is 5.33. The molecule has 32 heavy (non-hydrogen) atoms. The van der Waals surface area contributed by atoms with E-state index in [9.17, 15) is 4.39 Å². The maximum absolute atomic E-state index is 13.3. The van der Waals surface area contributed by atoms with Gasteiger partial charge >= 0.3 is 0 Å². The summed E-state index contributed by atoms with van der Waals surface area (Å²) in [5.41, 5.74) is 2.46. The van der Waals surface area contributed by atoms with Gasteiger partial charge in [0.1, 0.15) is 29.8 Å². The lowest BCUT2D eigenvalue weighted by atomic mass is 9.89. The Morgan fingerprint density at radius 2 is 2.06 bits per heavy atom. The number of anilines is 3. The molecule has 1 saturated heterocycles. The molecule has 2 aromatic heterocycles. The molecule has 0 unspecified atom stereocenters. The van der Waals surface area contributed by atoms with E-state index in [2.05, 4.69) is 36.0 Å². The van der Waals surface area contributed by atoms with Crippen LogP contribution < -0.4 is 20.7 Å². The van der Waals surface area contributed by atoms with E-state index in [1.807, 2.05) is 19.1 Å². The number of rotatable bonds is 8. The van der Waals surface area contributed by atoms with Crippen LogP contribution in [0.4, 0.5) is 27.5 Å². The van der Waals surface area contributed by atoms with Crippen LogP contribution in [0.3, 0.4) is 0 Å². The lowest BCUT2D eigenvalue weighted by Gasteiger charge is -2.25. The highest BCUT2D eigenvalue weighted by atomic mass is 19.1. The van der Waals surface area contributed by atoms with Gasteiger partial charge in [0, 0.05) is 24.4 Å². The van der Waals surface area contributed by atoms with Gasteiger partial charge in [-0.05, 0) is 62.5 Å². The molecule has 0 spiro atoms. The molecule has 1 aliphatic rings. The average Bonchev–Trinajstić information content (AvgIpc) is 3.21. The third-order valence-corrected chi connectivity index (χ3v) is 5.33. The van der Waals surface area contributed by atoms with Gasteiger partial charge in [0.05, 0.1) is 6.57 Å². The SMILES string of the molecule is [C-]#[N+]c1c(C2CCNCC2)cc(Nc2cc(C)[nH]n2)nc1NCCOc1cccc(F)c1. The van der Waals surface area contributed by atoms with Crippen molar-refractivity contribution >= 4 is 23.1 Å². The van der Waals surface area contributed by atoms with Crippen LogP contribution in [0.2, 0.25) is 0 Å². The molecule has 0 radical (unpaired) electrons. The van der Waals surface area contributed by atoms with Crippen molar-refractivity contribution in [1.82, 2.24) is 20.5 Å². The number of nitrogens with one attached hydrogen (secondary N) is 4. The molecule has 0 aliphatic carbocycles. The van der Waals surface area contributed by atoms with Crippen molar-refractivity contribution in [2.75, 3.05) is 36.9 Å². The Kier molecular flexibility index (Phi) is 6.82. The zero-order valence-electron chi connectivity index (χ0n) is 17.9. The summed E-state index contributed by atoms with van der Waals surface area (Å²) in [6.07, 6.45) is 1.94. The van der Waals surface area contributed by atoms with Gasteiger partial charge < -0.3 is 20.7 Å². The number of nitrogens with zero attached hydrogens (tertiary/aromatic N) is 3. The summed E-state index contributed by atoms with van der Waals surface area (Å²) in [6.45, 7) is 12.3. The largest absolute Gasteiger partial charge is 0.492 e. The Hall–Kier alpha value is -3.64. The van der Waals surface area contributed by atoms with Crippen LogP contribution in [0.25, 0.3) is 4.85 Å². The van der Waals surface area contributed by atoms with Gasteiger partial charge in [-0.25, -0.2) is 14.2 Å². The van der Waals surface area contributed by atoms with Crippen LogP contribution in [-0.4, -0.2) is 41.4 Å². The first kappa shape index (κ1) is 21.6. The maximum atomic E-state index is 13.3. The average molecular weight is 436 g/mol. The summed E-state index contributed by atoms with van der Waals surface area (Å²) in [7, 11) is 0. The quantitative estimate of drug-likeness (QED) is 0.308. The third kappa shape index (κ3) is 5.34. The smallest absolute Gasteiger partial charge is 0.231 e. The number of aromatic amines is 1. The van der Waals surface area contributed by atoms with Gasteiger partial charge in [-0.2, -0.15) is 5.10 Å². The van der Waals surface area contributed by atoms with Gasteiger partial charge in [0.25, 0.3) is 0 Å². The molecule has 0 bridgehead atoms. The Bertz CT molecular complexity index is 1100. The maximum Gasteiger partial charge on any atom is 0.231 e. The first-order valence-corrected chi connectivity index (χ1v) is 10.7. The van der Waals surface area contributed by atoms with Gasteiger partial charge in [-0.1, -0.05) is 6.07 Å². The lowest BCUT2D eigenvalue weighted by Crippen LogP contribution is -2.26. The molecule has 3 aromatic rings. The van der Waals surface area contributed by atoms with E-state index in [1.54, 1.807) is 12.1 Å². The molecular weight excluding hydrogens is 409 g/mol. The lowest BCUT2D eigenvalue weighted by molar-refractivity contribution is 0.331. The van der Waals surface area contributed by atoms with E-state index in [4.69, 9.17) is 11.3 Å². The molecule has 166 valence electrons. The fourth-order valence-corrected chi connectivity index (χ4v) is 3.82. The van der Waals surface area contributed by atoms with Crippen molar-refractivity contribution in [2.24, 2.45) is 0 Å². The summed E-state index contributed by atoms with van der Waals surface area (Å²) in [5.74, 6) is 2.21.